The molecule has 18 heavy (non-hydrogen) atoms. The topological polar surface area (TPSA) is 102 Å². The molecule has 0 saturated carbocycles. The Morgan fingerprint density at radius 1 is 1.67 bits per heavy atom. The highest BCUT2D eigenvalue weighted by Gasteiger charge is 2.32. The lowest BCUT2D eigenvalue weighted by Gasteiger charge is -2.24. The van der Waals surface area contributed by atoms with Gasteiger partial charge in [-0.1, -0.05) is 6.92 Å². The zero-order chi connectivity index (χ0) is 14.0. The third kappa shape index (κ3) is 2.27. The molecule has 0 aliphatic heterocycles. The summed E-state index contributed by atoms with van der Waals surface area (Å²) in [4.78, 5) is 23.0. The largest absolute Gasteiger partial charge is 0.480 e. The molecule has 0 bridgehead atoms. The van der Waals surface area contributed by atoms with E-state index >= 15 is 0 Å². The molecule has 1 aromatic rings. The summed E-state index contributed by atoms with van der Waals surface area (Å²) in [6, 6.07) is -0.821. The van der Waals surface area contributed by atoms with Gasteiger partial charge in [0.05, 0.1) is 4.92 Å². The fourth-order valence-corrected chi connectivity index (χ4v) is 2.01. The average molecular weight is 256 g/mol. The van der Waals surface area contributed by atoms with Gasteiger partial charge in [-0.3, -0.25) is 10.1 Å². The Morgan fingerprint density at radius 2 is 2.22 bits per heavy atom. The van der Waals surface area contributed by atoms with E-state index in [0.29, 0.717) is 6.42 Å². The molecule has 1 rings (SSSR count). The van der Waals surface area contributed by atoms with Crippen molar-refractivity contribution in [2.24, 2.45) is 7.05 Å². The molecule has 1 aromatic heterocycles. The molecule has 0 aliphatic carbocycles. The van der Waals surface area contributed by atoms with Crippen LogP contribution < -0.4 is 4.90 Å². The molecule has 8 heteroatoms. The highest BCUT2D eigenvalue weighted by molar-refractivity contribution is 5.79. The lowest BCUT2D eigenvalue weighted by molar-refractivity contribution is -0.384. The number of carboxylic acids is 1. The maximum Gasteiger partial charge on any atom is 0.333 e. The van der Waals surface area contributed by atoms with Crippen LogP contribution in [0, 0.1) is 17.0 Å². The quantitative estimate of drug-likeness (QED) is 0.621. The maximum absolute atomic E-state index is 11.1. The molecule has 0 saturated heterocycles. The predicted octanol–water partition coefficient (Wildman–Crippen LogP) is 0.936. The van der Waals surface area contributed by atoms with E-state index in [-0.39, 0.29) is 17.2 Å². The number of aryl methyl sites for hydroxylation is 2. The number of nitrogens with zero attached hydrogens (tertiary/aromatic N) is 4. The second-order valence-electron chi connectivity index (χ2n) is 4.01. The van der Waals surface area contributed by atoms with Crippen molar-refractivity contribution in [1.29, 1.82) is 0 Å². The highest BCUT2D eigenvalue weighted by Crippen LogP contribution is 2.31. The minimum atomic E-state index is -1.02. The first kappa shape index (κ1) is 13.9. The maximum atomic E-state index is 11.1. The summed E-state index contributed by atoms with van der Waals surface area (Å²) in [5.41, 5.74) is 0.115. The van der Waals surface area contributed by atoms with Gasteiger partial charge in [0.25, 0.3) is 0 Å². The minimum absolute atomic E-state index is 0.153. The van der Waals surface area contributed by atoms with Gasteiger partial charge in [0.1, 0.15) is 11.7 Å². The van der Waals surface area contributed by atoms with E-state index in [9.17, 15) is 14.9 Å². The zero-order valence-corrected chi connectivity index (χ0v) is 10.7. The first-order valence-corrected chi connectivity index (χ1v) is 5.44. The summed E-state index contributed by atoms with van der Waals surface area (Å²) in [6.45, 7) is 3.24. The van der Waals surface area contributed by atoms with E-state index in [1.54, 1.807) is 14.0 Å². The van der Waals surface area contributed by atoms with Crippen molar-refractivity contribution in [3.8, 4) is 0 Å². The van der Waals surface area contributed by atoms with Crippen LogP contribution in [0.4, 0.5) is 11.5 Å². The lowest BCUT2D eigenvalue weighted by Crippen LogP contribution is -2.39. The van der Waals surface area contributed by atoms with Crippen molar-refractivity contribution < 1.29 is 14.8 Å². The minimum Gasteiger partial charge on any atom is -0.480 e. The van der Waals surface area contributed by atoms with Gasteiger partial charge in [0.15, 0.2) is 0 Å². The van der Waals surface area contributed by atoms with Crippen LogP contribution in [0.1, 0.15) is 19.0 Å². The number of aliphatic carboxylic acids is 1. The van der Waals surface area contributed by atoms with Crippen molar-refractivity contribution >= 4 is 17.5 Å². The Balaban J connectivity index is 3.32. The van der Waals surface area contributed by atoms with Crippen molar-refractivity contribution in [3.63, 3.8) is 0 Å². The van der Waals surface area contributed by atoms with Crippen LogP contribution in [0.5, 0.6) is 0 Å². The molecule has 0 spiro atoms. The second kappa shape index (κ2) is 5.03. The smallest absolute Gasteiger partial charge is 0.333 e. The number of hydrogen-bond donors (Lipinski definition) is 1. The van der Waals surface area contributed by atoms with Gasteiger partial charge < -0.3 is 10.0 Å². The summed E-state index contributed by atoms with van der Waals surface area (Å²) in [5, 5.41) is 24.1. The highest BCUT2D eigenvalue weighted by atomic mass is 16.6. The standard InChI is InChI=1S/C10H16N4O4/c1-5-7(10(15)16)12(3)9-8(14(17)18)6(2)11-13(9)4/h7H,5H2,1-4H3,(H,15,16). The summed E-state index contributed by atoms with van der Waals surface area (Å²) in [7, 11) is 3.08. The molecule has 8 nitrogen and oxygen atoms in total. The van der Waals surface area contributed by atoms with Crippen molar-refractivity contribution in [3.05, 3.63) is 15.8 Å². The third-order valence-electron chi connectivity index (χ3n) is 2.82. The Morgan fingerprint density at radius 3 is 2.61 bits per heavy atom. The van der Waals surface area contributed by atoms with Gasteiger partial charge in [0.2, 0.25) is 5.82 Å². The normalized spacial score (nSPS) is 12.2. The molecule has 0 radical (unpaired) electrons. The molecule has 0 amide bonds. The molecule has 0 aliphatic rings. The van der Waals surface area contributed by atoms with Crippen LogP contribution in [-0.4, -0.2) is 38.9 Å². The fourth-order valence-electron chi connectivity index (χ4n) is 2.01. The number of rotatable bonds is 5. The second-order valence-corrected chi connectivity index (χ2v) is 4.01. The number of anilines is 1. The van der Waals surface area contributed by atoms with Gasteiger partial charge in [-0.05, 0) is 13.3 Å². The molecule has 1 heterocycles. The predicted molar refractivity (Wildman–Crippen MR) is 64.7 cm³/mol. The molecule has 1 N–H and O–H groups in total. The van der Waals surface area contributed by atoms with Crippen LogP contribution in [-0.2, 0) is 11.8 Å². The molecule has 0 fully saturated rings. The lowest BCUT2D eigenvalue weighted by atomic mass is 10.2. The van der Waals surface area contributed by atoms with Gasteiger partial charge in [-0.2, -0.15) is 5.10 Å². The zero-order valence-electron chi connectivity index (χ0n) is 10.7. The number of aromatic nitrogens is 2. The number of likely N-dealkylation sites (N-methyl/N-ethyl adjacent to an activating group) is 1. The fraction of sp³-hybridized carbons (Fsp3) is 0.600. The van der Waals surface area contributed by atoms with Crippen molar-refractivity contribution in [2.75, 3.05) is 11.9 Å². The number of nitro groups is 1. The van der Waals surface area contributed by atoms with Crippen molar-refractivity contribution in [1.82, 2.24) is 9.78 Å². The van der Waals surface area contributed by atoms with E-state index in [1.165, 1.54) is 23.6 Å². The Kier molecular flexibility index (Phi) is 3.89. The molecule has 1 atom stereocenters. The summed E-state index contributed by atoms with van der Waals surface area (Å²) < 4.78 is 1.33. The van der Waals surface area contributed by atoms with E-state index in [4.69, 9.17) is 5.11 Å². The molecule has 0 aromatic carbocycles. The summed E-state index contributed by atoms with van der Waals surface area (Å²) in [6.07, 6.45) is 0.340. The summed E-state index contributed by atoms with van der Waals surface area (Å²) >= 11 is 0. The van der Waals surface area contributed by atoms with Crippen LogP contribution in [0.2, 0.25) is 0 Å². The first-order valence-electron chi connectivity index (χ1n) is 5.44. The van der Waals surface area contributed by atoms with Crippen LogP contribution in [0.3, 0.4) is 0 Å². The molecular weight excluding hydrogens is 240 g/mol. The number of hydrogen-bond acceptors (Lipinski definition) is 5. The summed E-state index contributed by atoms with van der Waals surface area (Å²) in [5.74, 6) is -0.820. The molecule has 100 valence electrons. The van der Waals surface area contributed by atoms with Gasteiger partial charge >= 0.3 is 11.7 Å². The SMILES string of the molecule is CCC(C(=O)O)N(C)c1c([N+](=O)[O-])c(C)nn1C. The van der Waals surface area contributed by atoms with E-state index in [2.05, 4.69) is 5.10 Å². The Labute approximate surface area is 104 Å². The van der Waals surface area contributed by atoms with Crippen molar-refractivity contribution in [2.45, 2.75) is 26.3 Å². The Hall–Kier alpha value is -2.12. The average Bonchev–Trinajstić information content (AvgIpc) is 2.53. The number of carboxylic acid groups (broad SMARTS) is 1. The van der Waals surface area contributed by atoms with E-state index in [0.717, 1.165) is 0 Å². The van der Waals surface area contributed by atoms with Crippen LogP contribution >= 0.6 is 0 Å². The number of carbonyl (C=O) groups is 1. The molecular formula is C10H16N4O4. The van der Waals surface area contributed by atoms with Gasteiger partial charge in [0, 0.05) is 14.1 Å². The molecule has 1 unspecified atom stereocenters. The monoisotopic (exact) mass is 256 g/mol. The third-order valence-corrected chi connectivity index (χ3v) is 2.82. The van der Waals surface area contributed by atoms with Gasteiger partial charge in [-0.25, -0.2) is 9.48 Å². The first-order chi connectivity index (χ1) is 8.31. The van der Waals surface area contributed by atoms with Crippen LogP contribution in [0.25, 0.3) is 0 Å². The van der Waals surface area contributed by atoms with Crippen LogP contribution in [0.15, 0.2) is 0 Å². The Bertz CT molecular complexity index is 482. The van der Waals surface area contributed by atoms with E-state index in [1.807, 2.05) is 0 Å². The van der Waals surface area contributed by atoms with Gasteiger partial charge in [-0.15, -0.1) is 0 Å². The van der Waals surface area contributed by atoms with E-state index < -0.39 is 16.9 Å².